The van der Waals surface area contributed by atoms with Crippen LogP contribution in [-0.2, 0) is 9.84 Å². The van der Waals surface area contributed by atoms with E-state index in [9.17, 15) is 8.42 Å². The van der Waals surface area contributed by atoms with Gasteiger partial charge in [-0.2, -0.15) is 0 Å². The predicted molar refractivity (Wildman–Crippen MR) is 68.1 cm³/mol. The number of sulfone groups is 1. The van der Waals surface area contributed by atoms with E-state index < -0.39 is 9.84 Å². The van der Waals surface area contributed by atoms with E-state index in [1.165, 1.54) is 6.07 Å². The Hall–Kier alpha value is -1.32. The van der Waals surface area contributed by atoms with Crippen molar-refractivity contribution in [2.24, 2.45) is 0 Å². The highest BCUT2D eigenvalue weighted by Gasteiger charge is 2.17. The molecule has 0 aliphatic carbocycles. The molecule has 0 bridgehead atoms. The van der Waals surface area contributed by atoms with Gasteiger partial charge in [0, 0.05) is 5.02 Å². The number of hydrogen-bond donors (Lipinski definition) is 0. The van der Waals surface area contributed by atoms with Gasteiger partial charge in [0.05, 0.1) is 9.79 Å². The van der Waals surface area contributed by atoms with Gasteiger partial charge in [-0.3, -0.25) is 0 Å². The molecule has 4 heteroatoms. The summed E-state index contributed by atoms with van der Waals surface area (Å²) in [6.07, 6.45) is 0. The van der Waals surface area contributed by atoms with Gasteiger partial charge in [0.15, 0.2) is 0 Å². The molecule has 2 aromatic rings. The van der Waals surface area contributed by atoms with Gasteiger partial charge in [-0.05, 0) is 36.8 Å². The van der Waals surface area contributed by atoms with E-state index in [0.29, 0.717) is 5.02 Å². The average molecular weight is 267 g/mol. The van der Waals surface area contributed by atoms with E-state index in [1.54, 1.807) is 42.5 Å². The summed E-state index contributed by atoms with van der Waals surface area (Å²) in [7, 11) is -3.46. The Morgan fingerprint density at radius 2 is 1.59 bits per heavy atom. The first-order valence-electron chi connectivity index (χ1n) is 5.08. The van der Waals surface area contributed by atoms with Gasteiger partial charge in [0.2, 0.25) is 9.84 Å². The van der Waals surface area contributed by atoms with E-state index in [0.717, 1.165) is 5.56 Å². The summed E-state index contributed by atoms with van der Waals surface area (Å²) in [6.45, 7) is 1.83. The summed E-state index contributed by atoms with van der Waals surface area (Å²) < 4.78 is 24.5. The molecule has 0 fully saturated rings. The van der Waals surface area contributed by atoms with Crippen LogP contribution in [0.3, 0.4) is 0 Å². The van der Waals surface area contributed by atoms with Crippen molar-refractivity contribution >= 4 is 21.4 Å². The first-order valence-corrected chi connectivity index (χ1v) is 6.94. The molecule has 0 saturated carbocycles. The molecule has 0 unspecified atom stereocenters. The number of hydrogen-bond acceptors (Lipinski definition) is 2. The summed E-state index contributed by atoms with van der Waals surface area (Å²) in [5, 5.41) is 0.460. The van der Waals surface area contributed by atoms with Crippen LogP contribution in [0.1, 0.15) is 5.56 Å². The van der Waals surface area contributed by atoms with E-state index in [2.05, 4.69) is 0 Å². The van der Waals surface area contributed by atoms with Crippen LogP contribution in [0.2, 0.25) is 5.02 Å². The van der Waals surface area contributed by atoms with Crippen molar-refractivity contribution in [3.63, 3.8) is 0 Å². The highest BCUT2D eigenvalue weighted by atomic mass is 35.5. The molecular weight excluding hydrogens is 256 g/mol. The first-order chi connectivity index (χ1) is 8.01. The summed E-state index contributed by atoms with van der Waals surface area (Å²) in [6, 6.07) is 13.1. The van der Waals surface area contributed by atoms with Crippen LogP contribution in [0.5, 0.6) is 0 Å². The fourth-order valence-electron chi connectivity index (χ4n) is 1.48. The fraction of sp³-hybridized carbons (Fsp3) is 0.0769. The monoisotopic (exact) mass is 266 g/mol. The van der Waals surface area contributed by atoms with Crippen LogP contribution >= 0.6 is 11.6 Å². The third-order valence-electron chi connectivity index (χ3n) is 2.51. The maximum Gasteiger partial charge on any atom is 0.206 e. The summed E-state index contributed by atoms with van der Waals surface area (Å²) in [4.78, 5) is 0.499. The molecule has 2 aromatic carbocycles. The second-order valence-electron chi connectivity index (χ2n) is 3.73. The molecule has 0 amide bonds. The average Bonchev–Trinajstić information content (AvgIpc) is 2.33. The lowest BCUT2D eigenvalue weighted by molar-refractivity contribution is 0.596. The molecule has 0 saturated heterocycles. The standard InChI is InChI=1S/C13H11ClO2S/c1-10-7-8-12(9-13(10)14)17(15,16)11-5-3-2-4-6-11/h2-9H,1H3. The lowest BCUT2D eigenvalue weighted by Crippen LogP contribution is -2.01. The van der Waals surface area contributed by atoms with E-state index in [4.69, 9.17) is 11.6 Å². The molecule has 2 nitrogen and oxygen atoms in total. The van der Waals surface area contributed by atoms with Gasteiger partial charge >= 0.3 is 0 Å². The molecule has 2 rings (SSSR count). The molecular formula is C13H11ClO2S. The first kappa shape index (κ1) is 12.1. The largest absolute Gasteiger partial charge is 0.219 e. The Morgan fingerprint density at radius 3 is 2.18 bits per heavy atom. The van der Waals surface area contributed by atoms with Gasteiger partial charge in [0.25, 0.3) is 0 Å². The second kappa shape index (κ2) is 4.51. The van der Waals surface area contributed by atoms with Crippen LogP contribution in [0.25, 0.3) is 0 Å². The molecule has 88 valence electrons. The van der Waals surface area contributed by atoms with Crippen LogP contribution in [0.4, 0.5) is 0 Å². The van der Waals surface area contributed by atoms with Crippen molar-refractivity contribution in [2.45, 2.75) is 16.7 Å². The summed E-state index contributed by atoms with van der Waals surface area (Å²) >= 11 is 5.94. The van der Waals surface area contributed by atoms with Crippen molar-refractivity contribution in [3.05, 3.63) is 59.1 Å². The number of aryl methyl sites for hydroxylation is 1. The van der Waals surface area contributed by atoms with Crippen LogP contribution in [-0.4, -0.2) is 8.42 Å². The zero-order valence-corrected chi connectivity index (χ0v) is 10.8. The molecule has 0 heterocycles. The third kappa shape index (κ3) is 2.35. The molecule has 0 N–H and O–H groups in total. The minimum Gasteiger partial charge on any atom is -0.219 e. The SMILES string of the molecule is Cc1ccc(S(=O)(=O)c2ccccc2)cc1Cl. The highest BCUT2D eigenvalue weighted by Crippen LogP contribution is 2.25. The third-order valence-corrected chi connectivity index (χ3v) is 4.68. The Balaban J connectivity index is 2.57. The van der Waals surface area contributed by atoms with Gasteiger partial charge in [-0.25, -0.2) is 8.42 Å². The Bertz CT molecular complexity index is 634. The van der Waals surface area contributed by atoms with Gasteiger partial charge in [-0.15, -0.1) is 0 Å². The van der Waals surface area contributed by atoms with Gasteiger partial charge < -0.3 is 0 Å². The van der Waals surface area contributed by atoms with E-state index in [-0.39, 0.29) is 9.79 Å². The van der Waals surface area contributed by atoms with Crippen LogP contribution in [0.15, 0.2) is 58.3 Å². The Kier molecular flexibility index (Phi) is 3.22. The zero-order valence-electron chi connectivity index (χ0n) is 9.22. The number of rotatable bonds is 2. The van der Waals surface area contributed by atoms with Crippen molar-refractivity contribution in [1.29, 1.82) is 0 Å². The fourth-order valence-corrected chi connectivity index (χ4v) is 3.03. The topological polar surface area (TPSA) is 34.1 Å². The molecule has 0 aliphatic rings. The molecule has 0 aromatic heterocycles. The lowest BCUT2D eigenvalue weighted by atomic mass is 10.2. The van der Waals surface area contributed by atoms with E-state index >= 15 is 0 Å². The normalized spacial score (nSPS) is 11.4. The smallest absolute Gasteiger partial charge is 0.206 e. The summed E-state index contributed by atoms with van der Waals surface area (Å²) in [5.41, 5.74) is 0.860. The van der Waals surface area contributed by atoms with Crippen LogP contribution < -0.4 is 0 Å². The maximum atomic E-state index is 12.2. The predicted octanol–water partition coefficient (Wildman–Crippen LogP) is 3.48. The zero-order chi connectivity index (χ0) is 12.5. The Morgan fingerprint density at radius 1 is 0.941 bits per heavy atom. The number of benzene rings is 2. The number of halogens is 1. The summed E-state index contributed by atoms with van der Waals surface area (Å²) in [5.74, 6) is 0. The van der Waals surface area contributed by atoms with Crippen molar-refractivity contribution in [3.8, 4) is 0 Å². The van der Waals surface area contributed by atoms with Crippen molar-refractivity contribution in [2.75, 3.05) is 0 Å². The van der Waals surface area contributed by atoms with E-state index in [1.807, 2.05) is 6.92 Å². The second-order valence-corrected chi connectivity index (χ2v) is 6.08. The maximum absolute atomic E-state index is 12.2. The van der Waals surface area contributed by atoms with Crippen molar-refractivity contribution in [1.82, 2.24) is 0 Å². The molecule has 0 atom stereocenters. The molecule has 0 aliphatic heterocycles. The minimum absolute atomic E-state index is 0.222. The lowest BCUT2D eigenvalue weighted by Gasteiger charge is -2.06. The van der Waals surface area contributed by atoms with Gasteiger partial charge in [0.1, 0.15) is 0 Å². The quantitative estimate of drug-likeness (QED) is 0.834. The van der Waals surface area contributed by atoms with Crippen molar-refractivity contribution < 1.29 is 8.42 Å². The molecule has 0 spiro atoms. The highest BCUT2D eigenvalue weighted by molar-refractivity contribution is 7.91. The van der Waals surface area contributed by atoms with Gasteiger partial charge in [-0.1, -0.05) is 35.9 Å². The van der Waals surface area contributed by atoms with Crippen LogP contribution in [0, 0.1) is 6.92 Å². The molecule has 17 heavy (non-hydrogen) atoms. The molecule has 0 radical (unpaired) electrons. The Labute approximate surface area is 106 Å². The minimum atomic E-state index is -3.46.